The Morgan fingerprint density at radius 1 is 1.30 bits per heavy atom. The maximum absolute atomic E-state index is 12.1. The van der Waals surface area contributed by atoms with Crippen molar-refractivity contribution in [2.75, 3.05) is 5.32 Å². The van der Waals surface area contributed by atoms with Crippen LogP contribution in [-0.2, 0) is 11.3 Å². The zero-order chi connectivity index (χ0) is 14.1. The zero-order valence-corrected chi connectivity index (χ0v) is 11.4. The molecule has 1 amide bonds. The predicted octanol–water partition coefficient (Wildman–Crippen LogP) is 1.93. The molecule has 0 spiro atoms. The van der Waals surface area contributed by atoms with Gasteiger partial charge in [-0.05, 0) is 31.4 Å². The van der Waals surface area contributed by atoms with Crippen molar-refractivity contribution in [2.45, 2.75) is 32.4 Å². The number of aryl methyl sites for hydroxylation is 1. The number of carbonyl (C=O) groups excluding carboxylic acids is 1. The first kappa shape index (κ1) is 12.7. The van der Waals surface area contributed by atoms with Crippen LogP contribution in [0.5, 0.6) is 0 Å². The van der Waals surface area contributed by atoms with Crippen molar-refractivity contribution in [2.24, 2.45) is 0 Å². The maximum atomic E-state index is 12.1. The summed E-state index contributed by atoms with van der Waals surface area (Å²) in [4.78, 5) is 24.1. The Morgan fingerprint density at radius 3 is 2.75 bits per heavy atom. The summed E-state index contributed by atoms with van der Waals surface area (Å²) in [6.07, 6.45) is 5.55. The van der Waals surface area contributed by atoms with Crippen LogP contribution < -0.4 is 11.0 Å². The van der Waals surface area contributed by atoms with Crippen LogP contribution in [0.1, 0.15) is 24.4 Å². The lowest BCUT2D eigenvalue weighted by Gasteiger charge is -2.08. The van der Waals surface area contributed by atoms with Crippen LogP contribution in [0, 0.1) is 6.92 Å². The molecule has 0 aliphatic heterocycles. The predicted molar refractivity (Wildman–Crippen MR) is 76.8 cm³/mol. The van der Waals surface area contributed by atoms with E-state index in [2.05, 4.69) is 5.32 Å². The standard InChI is InChI=1S/C15H17N3O2/c1-11-4-2-3-5-13(11)16-14(19)10-17-8-9-18(15(17)20)12-6-7-12/h2-5,8-9,12H,6-7,10H2,1H3,(H,16,19). The number of imidazole rings is 1. The Bertz CT molecular complexity index is 695. The minimum absolute atomic E-state index is 0.0485. The van der Waals surface area contributed by atoms with Gasteiger partial charge in [-0.1, -0.05) is 18.2 Å². The summed E-state index contributed by atoms with van der Waals surface area (Å²) in [6, 6.07) is 7.92. The third-order valence-corrected chi connectivity index (χ3v) is 3.55. The first-order valence-corrected chi connectivity index (χ1v) is 6.78. The van der Waals surface area contributed by atoms with Crippen molar-refractivity contribution in [3.63, 3.8) is 0 Å². The maximum Gasteiger partial charge on any atom is 0.328 e. The minimum Gasteiger partial charge on any atom is -0.324 e. The van der Waals surface area contributed by atoms with Crippen molar-refractivity contribution >= 4 is 11.6 Å². The van der Waals surface area contributed by atoms with E-state index in [0.717, 1.165) is 24.1 Å². The van der Waals surface area contributed by atoms with Crippen LogP contribution >= 0.6 is 0 Å². The van der Waals surface area contributed by atoms with Crippen molar-refractivity contribution in [3.8, 4) is 0 Å². The summed E-state index contributed by atoms with van der Waals surface area (Å²) in [6.45, 7) is 1.98. The average Bonchev–Trinajstić information content (AvgIpc) is 3.19. The van der Waals surface area contributed by atoms with Crippen LogP contribution in [0.4, 0.5) is 5.69 Å². The largest absolute Gasteiger partial charge is 0.328 e. The fraction of sp³-hybridized carbons (Fsp3) is 0.333. The smallest absolute Gasteiger partial charge is 0.324 e. The van der Waals surface area contributed by atoms with Crippen LogP contribution in [0.15, 0.2) is 41.5 Å². The number of rotatable bonds is 4. The van der Waals surface area contributed by atoms with Gasteiger partial charge in [0.15, 0.2) is 0 Å². The van der Waals surface area contributed by atoms with Crippen LogP contribution in [0.25, 0.3) is 0 Å². The third-order valence-electron chi connectivity index (χ3n) is 3.55. The number of benzene rings is 1. The van der Waals surface area contributed by atoms with Gasteiger partial charge in [-0.3, -0.25) is 13.9 Å². The normalized spacial score (nSPS) is 14.2. The van der Waals surface area contributed by atoms with Gasteiger partial charge in [-0.15, -0.1) is 0 Å². The average molecular weight is 271 g/mol. The number of anilines is 1. The molecule has 104 valence electrons. The second-order valence-corrected chi connectivity index (χ2v) is 5.21. The number of hydrogen-bond acceptors (Lipinski definition) is 2. The Kier molecular flexibility index (Phi) is 3.18. The van der Waals surface area contributed by atoms with E-state index < -0.39 is 0 Å². The molecule has 3 rings (SSSR count). The van der Waals surface area contributed by atoms with Gasteiger partial charge in [0, 0.05) is 24.1 Å². The lowest BCUT2D eigenvalue weighted by molar-refractivity contribution is -0.116. The molecular weight excluding hydrogens is 254 g/mol. The topological polar surface area (TPSA) is 56.0 Å². The van der Waals surface area contributed by atoms with E-state index in [0.29, 0.717) is 6.04 Å². The van der Waals surface area contributed by atoms with Gasteiger partial charge in [-0.2, -0.15) is 0 Å². The second kappa shape index (κ2) is 5.00. The highest BCUT2D eigenvalue weighted by atomic mass is 16.2. The summed E-state index contributed by atoms with van der Waals surface area (Å²) in [5.41, 5.74) is 1.68. The summed E-state index contributed by atoms with van der Waals surface area (Å²) in [5, 5.41) is 2.83. The molecule has 1 saturated carbocycles. The van der Waals surface area contributed by atoms with E-state index in [4.69, 9.17) is 0 Å². The summed E-state index contributed by atoms with van der Waals surface area (Å²) in [7, 11) is 0. The highest BCUT2D eigenvalue weighted by Crippen LogP contribution is 2.33. The number of nitrogens with zero attached hydrogens (tertiary/aromatic N) is 2. The molecule has 0 radical (unpaired) electrons. The number of amides is 1. The van der Waals surface area contributed by atoms with Gasteiger partial charge in [0.1, 0.15) is 6.54 Å². The van der Waals surface area contributed by atoms with Crippen molar-refractivity contribution in [3.05, 3.63) is 52.7 Å². The third kappa shape index (κ3) is 2.52. The Balaban J connectivity index is 1.70. The van der Waals surface area contributed by atoms with E-state index in [1.807, 2.05) is 31.2 Å². The fourth-order valence-corrected chi connectivity index (χ4v) is 2.24. The quantitative estimate of drug-likeness (QED) is 0.923. The van der Waals surface area contributed by atoms with Gasteiger partial charge in [0.05, 0.1) is 0 Å². The molecule has 20 heavy (non-hydrogen) atoms. The van der Waals surface area contributed by atoms with E-state index in [-0.39, 0.29) is 18.1 Å². The molecule has 1 aliphatic carbocycles. The number of para-hydroxylation sites is 1. The zero-order valence-electron chi connectivity index (χ0n) is 11.4. The summed E-state index contributed by atoms with van der Waals surface area (Å²) < 4.78 is 3.16. The molecular formula is C15H17N3O2. The van der Waals surface area contributed by atoms with Crippen molar-refractivity contribution in [1.29, 1.82) is 0 Å². The summed E-state index contributed by atoms with van der Waals surface area (Å²) in [5.74, 6) is -0.185. The lowest BCUT2D eigenvalue weighted by Crippen LogP contribution is -2.29. The van der Waals surface area contributed by atoms with Gasteiger partial charge in [0.2, 0.25) is 5.91 Å². The van der Waals surface area contributed by atoms with E-state index in [1.54, 1.807) is 17.0 Å². The number of nitrogens with one attached hydrogen (secondary N) is 1. The Morgan fingerprint density at radius 2 is 2.05 bits per heavy atom. The van der Waals surface area contributed by atoms with Crippen LogP contribution in [0.3, 0.4) is 0 Å². The van der Waals surface area contributed by atoms with Gasteiger partial charge in [0.25, 0.3) is 0 Å². The monoisotopic (exact) mass is 271 g/mol. The highest BCUT2D eigenvalue weighted by Gasteiger charge is 2.25. The molecule has 1 N–H and O–H groups in total. The second-order valence-electron chi connectivity index (χ2n) is 5.21. The van der Waals surface area contributed by atoms with Crippen LogP contribution in [-0.4, -0.2) is 15.0 Å². The van der Waals surface area contributed by atoms with E-state index >= 15 is 0 Å². The Hall–Kier alpha value is -2.30. The van der Waals surface area contributed by atoms with Gasteiger partial charge in [-0.25, -0.2) is 4.79 Å². The van der Waals surface area contributed by atoms with E-state index in [9.17, 15) is 9.59 Å². The molecule has 5 nitrogen and oxygen atoms in total. The summed E-state index contributed by atoms with van der Waals surface area (Å²) >= 11 is 0. The van der Waals surface area contributed by atoms with Crippen molar-refractivity contribution in [1.82, 2.24) is 9.13 Å². The van der Waals surface area contributed by atoms with E-state index in [1.165, 1.54) is 4.57 Å². The number of aromatic nitrogens is 2. The molecule has 5 heteroatoms. The van der Waals surface area contributed by atoms with Crippen LogP contribution in [0.2, 0.25) is 0 Å². The van der Waals surface area contributed by atoms with Gasteiger partial charge < -0.3 is 5.32 Å². The van der Waals surface area contributed by atoms with Crippen molar-refractivity contribution < 1.29 is 4.79 Å². The SMILES string of the molecule is Cc1ccccc1NC(=O)Cn1ccn(C2CC2)c1=O. The number of carbonyl (C=O) groups is 1. The first-order valence-electron chi connectivity index (χ1n) is 6.78. The molecule has 0 saturated heterocycles. The lowest BCUT2D eigenvalue weighted by atomic mass is 10.2. The highest BCUT2D eigenvalue weighted by molar-refractivity contribution is 5.91. The first-order chi connectivity index (χ1) is 9.65. The molecule has 2 aromatic rings. The molecule has 1 aromatic carbocycles. The molecule has 0 bridgehead atoms. The fourth-order valence-electron chi connectivity index (χ4n) is 2.24. The molecule has 1 aliphatic rings. The van der Waals surface area contributed by atoms with Gasteiger partial charge >= 0.3 is 5.69 Å². The Labute approximate surface area is 116 Å². The molecule has 0 unspecified atom stereocenters. The molecule has 1 heterocycles. The molecule has 1 aromatic heterocycles. The molecule has 1 fully saturated rings. The minimum atomic E-state index is -0.185. The molecule has 0 atom stereocenters. The number of hydrogen-bond donors (Lipinski definition) is 1.